The quantitative estimate of drug-likeness (QED) is 0.704. The van der Waals surface area contributed by atoms with Crippen molar-refractivity contribution in [3.05, 3.63) is 39.8 Å². The first-order valence-corrected chi connectivity index (χ1v) is 9.00. The Morgan fingerprint density at radius 2 is 1.57 bits per heavy atom. The van der Waals surface area contributed by atoms with Gasteiger partial charge in [0.15, 0.2) is 6.61 Å². The third-order valence-corrected chi connectivity index (χ3v) is 5.07. The molecule has 0 aliphatic heterocycles. The van der Waals surface area contributed by atoms with Crippen LogP contribution in [0.3, 0.4) is 0 Å². The average molecular weight is 407 g/mol. The van der Waals surface area contributed by atoms with Crippen molar-refractivity contribution in [1.29, 1.82) is 0 Å². The number of nitrogens with one attached hydrogen (secondary N) is 1. The van der Waals surface area contributed by atoms with Crippen molar-refractivity contribution in [2.24, 2.45) is 0 Å². The van der Waals surface area contributed by atoms with E-state index in [1.165, 1.54) is 44.8 Å². The summed E-state index contributed by atoms with van der Waals surface area (Å²) in [5.74, 6) is -0.989. The number of aryl methyl sites for hydroxylation is 1. The predicted molar refractivity (Wildman–Crippen MR) is 104 cm³/mol. The maximum atomic E-state index is 12.2. The number of anilines is 1. The Kier molecular flexibility index (Phi) is 7.00. The van der Waals surface area contributed by atoms with Gasteiger partial charge >= 0.3 is 11.9 Å². The smallest absolute Gasteiger partial charge is 0.341 e. The van der Waals surface area contributed by atoms with E-state index in [0.717, 1.165) is 10.4 Å². The van der Waals surface area contributed by atoms with Crippen LogP contribution < -0.4 is 14.8 Å². The van der Waals surface area contributed by atoms with Crippen LogP contribution in [0, 0.1) is 13.8 Å². The molecule has 0 saturated carbocycles. The summed E-state index contributed by atoms with van der Waals surface area (Å²) in [5.41, 5.74) is 1.21. The Labute approximate surface area is 166 Å². The lowest BCUT2D eigenvalue weighted by Crippen LogP contribution is -2.21. The zero-order valence-corrected chi connectivity index (χ0v) is 17.0. The highest BCUT2D eigenvalue weighted by Gasteiger charge is 2.22. The summed E-state index contributed by atoms with van der Waals surface area (Å²) in [7, 11) is 4.19. The summed E-state index contributed by atoms with van der Waals surface area (Å²) >= 11 is 1.25. The van der Waals surface area contributed by atoms with Crippen LogP contribution in [-0.4, -0.2) is 45.8 Å². The van der Waals surface area contributed by atoms with Gasteiger partial charge in [0, 0.05) is 10.9 Å². The van der Waals surface area contributed by atoms with Gasteiger partial charge in [0.05, 0.1) is 32.5 Å². The van der Waals surface area contributed by atoms with Crippen molar-refractivity contribution >= 4 is 34.2 Å². The van der Waals surface area contributed by atoms with Crippen LogP contribution in [0.4, 0.5) is 5.00 Å². The molecule has 0 unspecified atom stereocenters. The molecule has 0 atom stereocenters. The van der Waals surface area contributed by atoms with Crippen LogP contribution >= 0.6 is 11.3 Å². The number of ether oxygens (including phenoxy) is 4. The molecule has 1 heterocycles. The molecular weight excluding hydrogens is 386 g/mol. The number of rotatable bonds is 7. The molecule has 0 fully saturated rings. The maximum Gasteiger partial charge on any atom is 0.341 e. The molecule has 28 heavy (non-hydrogen) atoms. The van der Waals surface area contributed by atoms with E-state index < -0.39 is 24.5 Å². The molecule has 1 N–H and O–H groups in total. The number of benzene rings is 1. The van der Waals surface area contributed by atoms with E-state index in [2.05, 4.69) is 5.32 Å². The minimum absolute atomic E-state index is 0.182. The van der Waals surface area contributed by atoms with Gasteiger partial charge < -0.3 is 24.3 Å². The Morgan fingerprint density at radius 1 is 0.964 bits per heavy atom. The molecule has 0 aliphatic carbocycles. The lowest BCUT2D eigenvalue weighted by atomic mass is 10.1. The minimum atomic E-state index is -0.709. The van der Waals surface area contributed by atoms with Crippen LogP contribution in [0.1, 0.15) is 31.2 Å². The Balaban J connectivity index is 2.06. The van der Waals surface area contributed by atoms with Crippen molar-refractivity contribution < 1.29 is 33.3 Å². The van der Waals surface area contributed by atoms with Gasteiger partial charge in [0.2, 0.25) is 0 Å². The molecule has 150 valence electrons. The second-order valence-electron chi connectivity index (χ2n) is 5.70. The molecule has 2 rings (SSSR count). The lowest BCUT2D eigenvalue weighted by molar-refractivity contribution is -0.119. The molecule has 0 bridgehead atoms. The maximum absolute atomic E-state index is 12.2. The standard InChI is InChI=1S/C19H21NO7S/c1-10-11(2)28-17(16(10)19(23)26-5)20-15(21)9-27-18(22)12-6-13(24-3)8-14(7-12)25-4/h6-8H,9H2,1-5H3,(H,20,21). The van der Waals surface area contributed by atoms with Gasteiger partial charge in [-0.15, -0.1) is 11.3 Å². The fourth-order valence-electron chi connectivity index (χ4n) is 2.37. The van der Waals surface area contributed by atoms with Crippen molar-refractivity contribution in [2.45, 2.75) is 13.8 Å². The number of thiophene rings is 1. The molecule has 1 aromatic carbocycles. The second-order valence-corrected chi connectivity index (χ2v) is 6.93. The van der Waals surface area contributed by atoms with Gasteiger partial charge in [-0.25, -0.2) is 9.59 Å². The van der Waals surface area contributed by atoms with E-state index in [4.69, 9.17) is 18.9 Å². The van der Waals surface area contributed by atoms with Gasteiger partial charge in [-0.2, -0.15) is 0 Å². The summed E-state index contributed by atoms with van der Waals surface area (Å²) in [4.78, 5) is 37.2. The van der Waals surface area contributed by atoms with Crippen LogP contribution in [0.5, 0.6) is 11.5 Å². The Morgan fingerprint density at radius 3 is 2.11 bits per heavy atom. The number of methoxy groups -OCH3 is 3. The fraction of sp³-hybridized carbons (Fsp3) is 0.316. The van der Waals surface area contributed by atoms with Gasteiger partial charge in [-0.05, 0) is 31.5 Å². The molecule has 1 amide bonds. The second kappa shape index (κ2) is 9.23. The normalized spacial score (nSPS) is 10.2. The van der Waals surface area contributed by atoms with E-state index in [1.54, 1.807) is 13.0 Å². The Bertz CT molecular complexity index is 882. The lowest BCUT2D eigenvalue weighted by Gasteiger charge is -2.09. The number of amides is 1. The van der Waals surface area contributed by atoms with Crippen LogP contribution in [-0.2, 0) is 14.3 Å². The SMILES string of the molecule is COC(=O)c1c(NC(=O)COC(=O)c2cc(OC)cc(OC)c2)sc(C)c1C. The molecule has 0 saturated heterocycles. The molecule has 1 aromatic heterocycles. The summed E-state index contributed by atoms with van der Waals surface area (Å²) in [6.07, 6.45) is 0. The first-order chi connectivity index (χ1) is 13.3. The van der Waals surface area contributed by atoms with E-state index in [-0.39, 0.29) is 5.56 Å². The summed E-state index contributed by atoms with van der Waals surface area (Å²) in [5, 5.41) is 2.94. The van der Waals surface area contributed by atoms with Crippen LogP contribution in [0.15, 0.2) is 18.2 Å². The zero-order valence-electron chi connectivity index (χ0n) is 16.2. The number of hydrogen-bond acceptors (Lipinski definition) is 8. The first kappa shape index (κ1) is 21.2. The topological polar surface area (TPSA) is 100 Å². The van der Waals surface area contributed by atoms with Gasteiger partial charge in [-0.3, -0.25) is 4.79 Å². The molecule has 0 radical (unpaired) electrons. The number of esters is 2. The molecule has 8 nitrogen and oxygen atoms in total. The van der Waals surface area contributed by atoms with Crippen LogP contribution in [0.25, 0.3) is 0 Å². The predicted octanol–water partition coefficient (Wildman–Crippen LogP) is 2.96. The van der Waals surface area contributed by atoms with Crippen molar-refractivity contribution in [3.63, 3.8) is 0 Å². The zero-order chi connectivity index (χ0) is 20.8. The van der Waals surface area contributed by atoms with Gasteiger partial charge in [0.25, 0.3) is 5.91 Å². The average Bonchev–Trinajstić information content (AvgIpc) is 2.98. The van der Waals surface area contributed by atoms with Crippen molar-refractivity contribution in [1.82, 2.24) is 0 Å². The van der Waals surface area contributed by atoms with Gasteiger partial charge in [0.1, 0.15) is 16.5 Å². The van der Waals surface area contributed by atoms with E-state index in [0.29, 0.717) is 22.1 Å². The molecular formula is C19H21NO7S. The van der Waals surface area contributed by atoms with Crippen molar-refractivity contribution in [3.8, 4) is 11.5 Å². The fourth-order valence-corrected chi connectivity index (χ4v) is 3.43. The highest BCUT2D eigenvalue weighted by Crippen LogP contribution is 2.33. The highest BCUT2D eigenvalue weighted by atomic mass is 32.1. The highest BCUT2D eigenvalue weighted by molar-refractivity contribution is 7.16. The third-order valence-electron chi connectivity index (χ3n) is 3.95. The first-order valence-electron chi connectivity index (χ1n) is 8.19. The number of carbonyl (C=O) groups excluding carboxylic acids is 3. The third kappa shape index (κ3) is 4.80. The molecule has 2 aromatic rings. The van der Waals surface area contributed by atoms with E-state index in [1.807, 2.05) is 6.92 Å². The monoisotopic (exact) mass is 407 g/mol. The molecule has 0 aliphatic rings. The van der Waals surface area contributed by atoms with E-state index >= 15 is 0 Å². The largest absolute Gasteiger partial charge is 0.497 e. The number of hydrogen-bond donors (Lipinski definition) is 1. The molecule has 9 heteroatoms. The van der Waals surface area contributed by atoms with E-state index in [9.17, 15) is 14.4 Å². The molecule has 0 spiro atoms. The number of carbonyl (C=O) groups is 3. The Hall–Kier alpha value is -3.07. The van der Waals surface area contributed by atoms with Crippen LogP contribution in [0.2, 0.25) is 0 Å². The summed E-state index contributed by atoms with van der Waals surface area (Å²) in [6, 6.07) is 4.56. The van der Waals surface area contributed by atoms with Gasteiger partial charge in [-0.1, -0.05) is 0 Å². The minimum Gasteiger partial charge on any atom is -0.497 e. The summed E-state index contributed by atoms with van der Waals surface area (Å²) in [6.45, 7) is 3.08. The van der Waals surface area contributed by atoms with Crippen molar-refractivity contribution in [2.75, 3.05) is 33.3 Å². The summed E-state index contributed by atoms with van der Waals surface area (Å²) < 4.78 is 20.0.